The summed E-state index contributed by atoms with van der Waals surface area (Å²) < 4.78 is 11.0. The number of piperidine rings is 1. The summed E-state index contributed by atoms with van der Waals surface area (Å²) in [4.78, 5) is 4.90. The van der Waals surface area contributed by atoms with Gasteiger partial charge in [0, 0.05) is 25.2 Å². The molecule has 1 N–H and O–H groups in total. The van der Waals surface area contributed by atoms with Gasteiger partial charge in [0.25, 0.3) is 0 Å². The zero-order valence-corrected chi connectivity index (χ0v) is 15.1. The van der Waals surface area contributed by atoms with Crippen LogP contribution in [0.4, 0.5) is 0 Å². The summed E-state index contributed by atoms with van der Waals surface area (Å²) in [6.07, 6.45) is 3.30. The van der Waals surface area contributed by atoms with Crippen LogP contribution >= 0.6 is 0 Å². The summed E-state index contributed by atoms with van der Waals surface area (Å²) in [5.74, 6) is 1.59. The van der Waals surface area contributed by atoms with Crippen molar-refractivity contribution in [3.63, 3.8) is 0 Å². The van der Waals surface area contributed by atoms with Gasteiger partial charge in [-0.2, -0.15) is 0 Å². The molecule has 24 heavy (non-hydrogen) atoms. The summed E-state index contributed by atoms with van der Waals surface area (Å²) in [7, 11) is 3.36. The molecule has 2 fully saturated rings. The van der Waals surface area contributed by atoms with Crippen molar-refractivity contribution in [2.75, 3.05) is 40.4 Å². The van der Waals surface area contributed by atoms with Crippen molar-refractivity contribution >= 4 is 0 Å². The van der Waals surface area contributed by atoms with Crippen molar-refractivity contribution in [2.45, 2.75) is 44.4 Å². The van der Waals surface area contributed by atoms with Crippen LogP contribution in [0.25, 0.3) is 0 Å². The highest BCUT2D eigenvalue weighted by atomic mass is 16.5. The molecule has 1 aromatic rings. The Morgan fingerprint density at radius 3 is 2.58 bits per heavy atom. The first-order chi connectivity index (χ1) is 11.5. The second kappa shape index (κ2) is 7.30. The Morgan fingerprint density at radius 1 is 1.17 bits per heavy atom. The van der Waals surface area contributed by atoms with Gasteiger partial charge in [-0.1, -0.05) is 12.1 Å². The quantitative estimate of drug-likeness (QED) is 0.894. The van der Waals surface area contributed by atoms with E-state index in [1.807, 2.05) is 19.1 Å². The molecule has 1 aromatic carbocycles. The molecular weight excluding hydrogens is 304 g/mol. The predicted octanol–water partition coefficient (Wildman–Crippen LogP) is 2.12. The Hall–Kier alpha value is -1.30. The van der Waals surface area contributed by atoms with Gasteiger partial charge in [0.15, 0.2) is 11.5 Å². The smallest absolute Gasteiger partial charge is 0.165 e. The molecule has 0 spiro atoms. The molecule has 5 heteroatoms. The Bertz CT molecular complexity index is 556. The SMILES string of the molecule is COc1cccc(CN2CC[C@@](C)(O)[C@H](N3CCCC3)C2)c1OC. The summed E-state index contributed by atoms with van der Waals surface area (Å²) in [5.41, 5.74) is 0.540. The van der Waals surface area contributed by atoms with Crippen molar-refractivity contribution in [3.05, 3.63) is 23.8 Å². The lowest BCUT2D eigenvalue weighted by Crippen LogP contribution is -2.60. The van der Waals surface area contributed by atoms with Gasteiger partial charge in [-0.25, -0.2) is 0 Å². The second-order valence-electron chi connectivity index (χ2n) is 7.25. The minimum atomic E-state index is -0.598. The Kier molecular flexibility index (Phi) is 5.33. The third kappa shape index (κ3) is 3.53. The fourth-order valence-electron chi connectivity index (χ4n) is 4.11. The fraction of sp³-hybridized carbons (Fsp3) is 0.684. The van der Waals surface area contributed by atoms with Crippen LogP contribution in [0.3, 0.4) is 0 Å². The molecule has 0 aromatic heterocycles. The number of aliphatic hydroxyl groups is 1. The van der Waals surface area contributed by atoms with Gasteiger partial charge < -0.3 is 14.6 Å². The average Bonchev–Trinajstić information content (AvgIpc) is 3.10. The van der Waals surface area contributed by atoms with Gasteiger partial charge >= 0.3 is 0 Å². The fourth-order valence-corrected chi connectivity index (χ4v) is 4.11. The van der Waals surface area contributed by atoms with Crippen LogP contribution in [0, 0.1) is 0 Å². The first-order valence-electron chi connectivity index (χ1n) is 8.94. The molecule has 2 aliphatic rings. The number of benzene rings is 1. The largest absolute Gasteiger partial charge is 0.493 e. The van der Waals surface area contributed by atoms with Gasteiger partial charge in [0.1, 0.15) is 0 Å². The van der Waals surface area contributed by atoms with Crippen LogP contribution in [0.5, 0.6) is 11.5 Å². The second-order valence-corrected chi connectivity index (χ2v) is 7.25. The minimum absolute atomic E-state index is 0.213. The Labute approximate surface area is 145 Å². The van der Waals surface area contributed by atoms with Crippen LogP contribution in [-0.2, 0) is 6.54 Å². The lowest BCUT2D eigenvalue weighted by Gasteiger charge is -2.46. The summed E-state index contributed by atoms with van der Waals surface area (Å²) in [6, 6.07) is 6.25. The average molecular weight is 334 g/mol. The number of rotatable bonds is 5. The van der Waals surface area contributed by atoms with E-state index >= 15 is 0 Å². The molecule has 0 radical (unpaired) electrons. The zero-order chi connectivity index (χ0) is 17.2. The van der Waals surface area contributed by atoms with E-state index in [9.17, 15) is 5.11 Å². The minimum Gasteiger partial charge on any atom is -0.493 e. The maximum absolute atomic E-state index is 10.8. The lowest BCUT2D eigenvalue weighted by molar-refractivity contribution is -0.0777. The van der Waals surface area contributed by atoms with E-state index in [-0.39, 0.29) is 6.04 Å². The van der Waals surface area contributed by atoms with Crippen molar-refractivity contribution in [3.8, 4) is 11.5 Å². The number of hydrogen-bond acceptors (Lipinski definition) is 5. The van der Waals surface area contributed by atoms with Gasteiger partial charge in [-0.3, -0.25) is 9.80 Å². The first-order valence-corrected chi connectivity index (χ1v) is 8.94. The first kappa shape index (κ1) is 17.5. The molecule has 134 valence electrons. The Balaban J connectivity index is 1.74. The molecule has 0 bridgehead atoms. The number of likely N-dealkylation sites (tertiary alicyclic amines) is 2. The number of hydrogen-bond donors (Lipinski definition) is 1. The molecule has 0 aliphatic carbocycles. The van der Waals surface area contributed by atoms with E-state index < -0.39 is 5.60 Å². The number of methoxy groups -OCH3 is 2. The normalized spacial score (nSPS) is 28.9. The molecule has 0 amide bonds. The van der Waals surface area contributed by atoms with Gasteiger partial charge in [-0.05, 0) is 45.3 Å². The lowest BCUT2D eigenvalue weighted by atomic mass is 9.87. The van der Waals surface area contributed by atoms with Crippen molar-refractivity contribution < 1.29 is 14.6 Å². The molecule has 2 heterocycles. The maximum atomic E-state index is 10.8. The monoisotopic (exact) mass is 334 g/mol. The molecule has 2 atom stereocenters. The summed E-state index contributed by atoms with van der Waals surface area (Å²) in [5, 5.41) is 10.8. The van der Waals surface area contributed by atoms with E-state index in [1.54, 1.807) is 14.2 Å². The standard InChI is InChI=1S/C19H30N2O3/c1-19(22)9-12-20(14-17(19)21-10-4-5-11-21)13-15-7-6-8-16(23-2)18(15)24-3/h6-8,17,22H,4-5,9-14H2,1-3H3/t17-,19-/m1/s1. The number of ether oxygens (including phenoxy) is 2. The molecule has 2 saturated heterocycles. The van der Waals surface area contributed by atoms with E-state index in [1.165, 1.54) is 12.8 Å². The Morgan fingerprint density at radius 2 is 1.92 bits per heavy atom. The van der Waals surface area contributed by atoms with Crippen LogP contribution in [-0.4, -0.2) is 66.9 Å². The molecule has 5 nitrogen and oxygen atoms in total. The number of nitrogens with zero attached hydrogens (tertiary/aromatic N) is 2. The van der Waals surface area contributed by atoms with E-state index in [4.69, 9.17) is 9.47 Å². The van der Waals surface area contributed by atoms with Crippen molar-refractivity contribution in [2.24, 2.45) is 0 Å². The predicted molar refractivity (Wildman–Crippen MR) is 94.7 cm³/mol. The summed E-state index contributed by atoms with van der Waals surface area (Å²) in [6.45, 7) is 6.83. The van der Waals surface area contributed by atoms with Gasteiger partial charge in [-0.15, -0.1) is 0 Å². The molecule has 0 unspecified atom stereocenters. The molecule has 0 saturated carbocycles. The van der Waals surface area contributed by atoms with Gasteiger partial charge in [0.05, 0.1) is 25.9 Å². The molecule has 3 rings (SSSR count). The highest BCUT2D eigenvalue weighted by Gasteiger charge is 2.41. The van der Waals surface area contributed by atoms with Crippen LogP contribution in [0.1, 0.15) is 31.7 Å². The third-order valence-corrected chi connectivity index (χ3v) is 5.54. The molecular formula is C19H30N2O3. The van der Waals surface area contributed by atoms with Gasteiger partial charge in [0.2, 0.25) is 0 Å². The van der Waals surface area contributed by atoms with Crippen LogP contribution in [0.2, 0.25) is 0 Å². The third-order valence-electron chi connectivity index (χ3n) is 5.54. The van der Waals surface area contributed by atoms with E-state index in [2.05, 4.69) is 15.9 Å². The zero-order valence-electron chi connectivity index (χ0n) is 15.1. The van der Waals surface area contributed by atoms with E-state index in [0.29, 0.717) is 0 Å². The highest BCUT2D eigenvalue weighted by molar-refractivity contribution is 5.46. The molecule has 2 aliphatic heterocycles. The topological polar surface area (TPSA) is 45.2 Å². The van der Waals surface area contributed by atoms with Crippen molar-refractivity contribution in [1.29, 1.82) is 0 Å². The van der Waals surface area contributed by atoms with Crippen LogP contribution in [0.15, 0.2) is 18.2 Å². The van der Waals surface area contributed by atoms with E-state index in [0.717, 1.165) is 56.2 Å². The number of para-hydroxylation sites is 1. The maximum Gasteiger partial charge on any atom is 0.165 e. The van der Waals surface area contributed by atoms with Crippen molar-refractivity contribution in [1.82, 2.24) is 9.80 Å². The summed E-state index contributed by atoms with van der Waals surface area (Å²) >= 11 is 0. The highest BCUT2D eigenvalue weighted by Crippen LogP contribution is 2.34. The van der Waals surface area contributed by atoms with Crippen LogP contribution < -0.4 is 9.47 Å².